The molecule has 0 fully saturated rings. The van der Waals surface area contributed by atoms with Crippen molar-refractivity contribution in [3.8, 4) is 11.5 Å². The lowest BCUT2D eigenvalue weighted by Crippen LogP contribution is -2.38. The molecule has 3 rings (SSSR count). The Kier molecular flexibility index (Phi) is 4.73. The number of nitrogens with one attached hydrogen (secondary N) is 2. The minimum absolute atomic E-state index is 0.285. The molecule has 1 heterocycles. The van der Waals surface area contributed by atoms with E-state index in [1.54, 1.807) is 18.2 Å². The minimum Gasteiger partial charge on any atom is -0.486 e. The van der Waals surface area contributed by atoms with E-state index in [1.165, 1.54) is 0 Å². The summed E-state index contributed by atoms with van der Waals surface area (Å²) in [6.07, 6.45) is 0. The van der Waals surface area contributed by atoms with Crippen LogP contribution in [-0.2, 0) is 6.54 Å². The van der Waals surface area contributed by atoms with E-state index in [0.717, 1.165) is 5.56 Å². The summed E-state index contributed by atoms with van der Waals surface area (Å²) in [7, 11) is 0. The Labute approximate surface area is 139 Å². The Morgan fingerprint density at radius 3 is 2.57 bits per heavy atom. The van der Waals surface area contributed by atoms with E-state index < -0.39 is 0 Å². The van der Waals surface area contributed by atoms with Gasteiger partial charge in [0.2, 0.25) is 0 Å². The molecule has 0 saturated carbocycles. The molecule has 0 bridgehead atoms. The van der Waals surface area contributed by atoms with Crippen LogP contribution in [0.1, 0.15) is 15.9 Å². The molecule has 0 atom stereocenters. The van der Waals surface area contributed by atoms with E-state index in [0.29, 0.717) is 36.8 Å². The van der Waals surface area contributed by atoms with Crippen molar-refractivity contribution in [2.45, 2.75) is 6.54 Å². The Morgan fingerprint density at radius 2 is 1.78 bits per heavy atom. The second kappa shape index (κ2) is 7.11. The molecule has 0 radical (unpaired) electrons. The SMILES string of the molecule is O=C(NC(=S)NCc1ccccc1)c1ccc2c(c1)OCCO2. The van der Waals surface area contributed by atoms with Crippen LogP contribution in [-0.4, -0.2) is 24.2 Å². The molecule has 0 aromatic heterocycles. The third-order valence-corrected chi connectivity index (χ3v) is 3.57. The maximum absolute atomic E-state index is 12.2. The summed E-state index contributed by atoms with van der Waals surface area (Å²) >= 11 is 5.15. The van der Waals surface area contributed by atoms with Crippen molar-refractivity contribution >= 4 is 23.2 Å². The first kappa shape index (κ1) is 15.3. The van der Waals surface area contributed by atoms with Gasteiger partial charge in [-0.25, -0.2) is 0 Å². The largest absolute Gasteiger partial charge is 0.486 e. The quantitative estimate of drug-likeness (QED) is 0.847. The number of carbonyl (C=O) groups is 1. The van der Waals surface area contributed by atoms with Crippen LogP contribution in [0.5, 0.6) is 11.5 Å². The van der Waals surface area contributed by atoms with Crippen LogP contribution in [0.25, 0.3) is 0 Å². The number of hydrogen-bond donors (Lipinski definition) is 2. The van der Waals surface area contributed by atoms with Gasteiger partial charge in [-0.3, -0.25) is 10.1 Å². The Balaban J connectivity index is 1.57. The molecule has 0 saturated heterocycles. The van der Waals surface area contributed by atoms with Gasteiger partial charge in [0.15, 0.2) is 16.6 Å². The summed E-state index contributed by atoms with van der Waals surface area (Å²) in [5.74, 6) is 0.942. The zero-order valence-corrected chi connectivity index (χ0v) is 13.2. The highest BCUT2D eigenvalue weighted by Gasteiger charge is 2.15. The number of thiocarbonyl (C=S) groups is 1. The third kappa shape index (κ3) is 3.98. The second-order valence-electron chi connectivity index (χ2n) is 4.98. The smallest absolute Gasteiger partial charge is 0.257 e. The average molecular weight is 328 g/mol. The molecule has 6 heteroatoms. The first-order chi connectivity index (χ1) is 11.2. The van der Waals surface area contributed by atoms with E-state index in [9.17, 15) is 4.79 Å². The molecule has 0 aliphatic carbocycles. The fourth-order valence-corrected chi connectivity index (χ4v) is 2.35. The summed E-state index contributed by atoms with van der Waals surface area (Å²) in [4.78, 5) is 12.2. The molecule has 0 unspecified atom stereocenters. The molecular weight excluding hydrogens is 312 g/mol. The highest BCUT2D eigenvalue weighted by molar-refractivity contribution is 7.80. The molecular formula is C17H16N2O3S. The minimum atomic E-state index is -0.285. The van der Waals surface area contributed by atoms with Crippen molar-refractivity contribution in [3.05, 3.63) is 59.7 Å². The second-order valence-corrected chi connectivity index (χ2v) is 5.39. The monoisotopic (exact) mass is 328 g/mol. The van der Waals surface area contributed by atoms with Gasteiger partial charge in [0.1, 0.15) is 13.2 Å². The molecule has 1 aliphatic heterocycles. The van der Waals surface area contributed by atoms with E-state index in [1.807, 2.05) is 30.3 Å². The van der Waals surface area contributed by atoms with Crippen LogP contribution in [0.3, 0.4) is 0 Å². The van der Waals surface area contributed by atoms with Gasteiger partial charge >= 0.3 is 0 Å². The summed E-state index contributed by atoms with van der Waals surface area (Å²) in [6, 6.07) is 14.9. The lowest BCUT2D eigenvalue weighted by Gasteiger charge is -2.18. The first-order valence-corrected chi connectivity index (χ1v) is 7.66. The van der Waals surface area contributed by atoms with Gasteiger partial charge in [0.25, 0.3) is 5.91 Å². The summed E-state index contributed by atoms with van der Waals surface area (Å²) in [5.41, 5.74) is 1.56. The van der Waals surface area contributed by atoms with Gasteiger partial charge in [0, 0.05) is 12.1 Å². The highest BCUT2D eigenvalue weighted by atomic mass is 32.1. The molecule has 5 nitrogen and oxygen atoms in total. The van der Waals surface area contributed by atoms with E-state index >= 15 is 0 Å². The Hall–Kier alpha value is -2.60. The van der Waals surface area contributed by atoms with Crippen molar-refractivity contribution in [1.29, 1.82) is 0 Å². The van der Waals surface area contributed by atoms with Crippen molar-refractivity contribution in [1.82, 2.24) is 10.6 Å². The number of carbonyl (C=O) groups excluding carboxylic acids is 1. The predicted molar refractivity (Wildman–Crippen MR) is 90.8 cm³/mol. The molecule has 2 N–H and O–H groups in total. The molecule has 0 spiro atoms. The van der Waals surface area contributed by atoms with Gasteiger partial charge in [-0.05, 0) is 36.0 Å². The fraction of sp³-hybridized carbons (Fsp3) is 0.176. The zero-order chi connectivity index (χ0) is 16.1. The van der Waals surface area contributed by atoms with Gasteiger partial charge < -0.3 is 14.8 Å². The van der Waals surface area contributed by atoms with Crippen LogP contribution in [0.15, 0.2) is 48.5 Å². The predicted octanol–water partition coefficient (Wildman–Crippen LogP) is 2.26. The van der Waals surface area contributed by atoms with Crippen molar-refractivity contribution in [3.63, 3.8) is 0 Å². The topological polar surface area (TPSA) is 59.6 Å². The molecule has 23 heavy (non-hydrogen) atoms. The number of hydrogen-bond acceptors (Lipinski definition) is 4. The maximum Gasteiger partial charge on any atom is 0.257 e. The number of ether oxygens (including phenoxy) is 2. The van der Waals surface area contributed by atoms with Gasteiger partial charge in [-0.15, -0.1) is 0 Å². The average Bonchev–Trinajstić information content (AvgIpc) is 2.60. The Morgan fingerprint density at radius 1 is 1.04 bits per heavy atom. The van der Waals surface area contributed by atoms with Gasteiger partial charge in [-0.1, -0.05) is 30.3 Å². The van der Waals surface area contributed by atoms with Crippen molar-refractivity contribution in [2.24, 2.45) is 0 Å². The molecule has 118 valence electrons. The van der Waals surface area contributed by atoms with Crippen molar-refractivity contribution in [2.75, 3.05) is 13.2 Å². The number of fused-ring (bicyclic) bond motifs is 1. The Bertz CT molecular complexity index is 719. The number of rotatable bonds is 3. The van der Waals surface area contributed by atoms with E-state index in [2.05, 4.69) is 10.6 Å². The van der Waals surface area contributed by atoms with E-state index in [4.69, 9.17) is 21.7 Å². The first-order valence-electron chi connectivity index (χ1n) is 7.25. The molecule has 2 aromatic rings. The summed E-state index contributed by atoms with van der Waals surface area (Å²) < 4.78 is 10.9. The number of benzene rings is 2. The molecule has 1 amide bonds. The third-order valence-electron chi connectivity index (χ3n) is 3.33. The lowest BCUT2D eigenvalue weighted by atomic mass is 10.2. The van der Waals surface area contributed by atoms with Gasteiger partial charge in [-0.2, -0.15) is 0 Å². The summed E-state index contributed by atoms with van der Waals surface area (Å²) in [6.45, 7) is 1.56. The van der Waals surface area contributed by atoms with Crippen LogP contribution in [0.2, 0.25) is 0 Å². The van der Waals surface area contributed by atoms with Gasteiger partial charge in [0.05, 0.1) is 0 Å². The fourth-order valence-electron chi connectivity index (χ4n) is 2.18. The van der Waals surface area contributed by atoms with Crippen LogP contribution in [0.4, 0.5) is 0 Å². The molecule has 2 aromatic carbocycles. The zero-order valence-electron chi connectivity index (χ0n) is 12.4. The molecule has 1 aliphatic rings. The van der Waals surface area contributed by atoms with E-state index in [-0.39, 0.29) is 11.0 Å². The highest BCUT2D eigenvalue weighted by Crippen LogP contribution is 2.30. The normalized spacial score (nSPS) is 12.3. The van der Waals surface area contributed by atoms with Crippen LogP contribution >= 0.6 is 12.2 Å². The maximum atomic E-state index is 12.2. The summed E-state index contributed by atoms with van der Waals surface area (Å²) in [5, 5.41) is 5.95. The van der Waals surface area contributed by atoms with Crippen LogP contribution in [0, 0.1) is 0 Å². The van der Waals surface area contributed by atoms with Crippen molar-refractivity contribution < 1.29 is 14.3 Å². The van der Waals surface area contributed by atoms with Crippen LogP contribution < -0.4 is 20.1 Å². The lowest BCUT2D eigenvalue weighted by molar-refractivity contribution is 0.0975. The number of amides is 1. The standard InChI is InChI=1S/C17H16N2O3S/c20-16(13-6-7-14-15(10-13)22-9-8-21-14)19-17(23)18-11-12-4-2-1-3-5-12/h1-7,10H,8-9,11H2,(H2,18,19,20,23).